The fraction of sp³-hybridized carbons (Fsp3) is 0.647. The number of hydrogen-bond donors (Lipinski definition) is 1. The molecule has 1 aliphatic heterocycles. The van der Waals surface area contributed by atoms with E-state index in [0.717, 1.165) is 25.7 Å². The van der Waals surface area contributed by atoms with Crippen LogP contribution in [0, 0.1) is 0 Å². The summed E-state index contributed by atoms with van der Waals surface area (Å²) in [5.41, 5.74) is 2.84. The van der Waals surface area contributed by atoms with Gasteiger partial charge in [0.1, 0.15) is 0 Å². The van der Waals surface area contributed by atoms with Crippen LogP contribution in [-0.2, 0) is 13.1 Å². The lowest BCUT2D eigenvalue weighted by Gasteiger charge is -2.35. The Hall–Kier alpha value is -0.860. The van der Waals surface area contributed by atoms with E-state index >= 15 is 0 Å². The molecule has 1 fully saturated rings. The molecule has 0 aromatic heterocycles. The lowest BCUT2D eigenvalue weighted by atomic mass is 9.99. The standard InChI is InChI=1S/C17H28N2/c1-3-17-7-5-6-12-19(17)14-16-10-8-15(9-11-16)13-18-4-2/h8-11,17-18H,3-7,12-14H2,1-2H3. The second kappa shape index (κ2) is 7.66. The van der Waals surface area contributed by atoms with Gasteiger partial charge in [-0.1, -0.05) is 44.5 Å². The number of piperidine rings is 1. The third-order valence-corrected chi connectivity index (χ3v) is 4.21. The van der Waals surface area contributed by atoms with Crippen molar-refractivity contribution < 1.29 is 0 Å². The minimum atomic E-state index is 0.801. The molecule has 0 radical (unpaired) electrons. The highest BCUT2D eigenvalue weighted by molar-refractivity contribution is 5.22. The zero-order valence-corrected chi connectivity index (χ0v) is 12.5. The number of nitrogens with one attached hydrogen (secondary N) is 1. The second-order valence-electron chi connectivity index (χ2n) is 5.63. The van der Waals surface area contributed by atoms with Gasteiger partial charge in [-0.05, 0) is 43.5 Å². The number of benzene rings is 1. The SMILES string of the molecule is CCNCc1ccc(CN2CCCCC2CC)cc1. The van der Waals surface area contributed by atoms with Crippen LogP contribution in [0.25, 0.3) is 0 Å². The summed E-state index contributed by atoms with van der Waals surface area (Å²) < 4.78 is 0. The molecular weight excluding hydrogens is 232 g/mol. The van der Waals surface area contributed by atoms with Crippen molar-refractivity contribution in [3.63, 3.8) is 0 Å². The Morgan fingerprint density at radius 3 is 2.53 bits per heavy atom. The van der Waals surface area contributed by atoms with Crippen LogP contribution in [0.4, 0.5) is 0 Å². The van der Waals surface area contributed by atoms with Gasteiger partial charge in [-0.3, -0.25) is 4.90 Å². The van der Waals surface area contributed by atoms with Gasteiger partial charge in [-0.15, -0.1) is 0 Å². The monoisotopic (exact) mass is 260 g/mol. The van der Waals surface area contributed by atoms with Crippen LogP contribution in [0.15, 0.2) is 24.3 Å². The molecule has 2 nitrogen and oxygen atoms in total. The summed E-state index contributed by atoms with van der Waals surface area (Å²) in [7, 11) is 0. The van der Waals surface area contributed by atoms with Crippen LogP contribution in [0.1, 0.15) is 50.7 Å². The third kappa shape index (κ3) is 4.32. The third-order valence-electron chi connectivity index (χ3n) is 4.21. The predicted molar refractivity (Wildman–Crippen MR) is 82.2 cm³/mol. The van der Waals surface area contributed by atoms with Crippen LogP contribution >= 0.6 is 0 Å². The van der Waals surface area contributed by atoms with Crippen molar-refractivity contribution in [3.8, 4) is 0 Å². The van der Waals surface area contributed by atoms with Gasteiger partial charge in [0.05, 0.1) is 0 Å². The van der Waals surface area contributed by atoms with E-state index in [9.17, 15) is 0 Å². The van der Waals surface area contributed by atoms with Gasteiger partial charge < -0.3 is 5.32 Å². The van der Waals surface area contributed by atoms with Gasteiger partial charge in [0.25, 0.3) is 0 Å². The summed E-state index contributed by atoms with van der Waals surface area (Å²) in [6, 6.07) is 9.93. The molecular formula is C17H28N2. The van der Waals surface area contributed by atoms with Crippen LogP contribution in [0.2, 0.25) is 0 Å². The van der Waals surface area contributed by atoms with Crippen molar-refractivity contribution in [2.75, 3.05) is 13.1 Å². The predicted octanol–water partition coefficient (Wildman–Crippen LogP) is 3.56. The molecule has 1 N–H and O–H groups in total. The van der Waals surface area contributed by atoms with E-state index in [0.29, 0.717) is 0 Å². The molecule has 1 aliphatic rings. The second-order valence-corrected chi connectivity index (χ2v) is 5.63. The van der Waals surface area contributed by atoms with E-state index in [4.69, 9.17) is 0 Å². The number of nitrogens with zero attached hydrogens (tertiary/aromatic N) is 1. The van der Waals surface area contributed by atoms with Gasteiger partial charge in [0.15, 0.2) is 0 Å². The van der Waals surface area contributed by atoms with E-state index in [1.54, 1.807) is 0 Å². The highest BCUT2D eigenvalue weighted by atomic mass is 15.2. The molecule has 1 saturated heterocycles. The quantitative estimate of drug-likeness (QED) is 0.841. The lowest BCUT2D eigenvalue weighted by Crippen LogP contribution is -2.38. The molecule has 0 amide bonds. The largest absolute Gasteiger partial charge is 0.313 e. The minimum absolute atomic E-state index is 0.801. The van der Waals surface area contributed by atoms with Crippen molar-refractivity contribution in [1.82, 2.24) is 10.2 Å². The number of rotatable bonds is 6. The summed E-state index contributed by atoms with van der Waals surface area (Å²) >= 11 is 0. The van der Waals surface area contributed by atoms with Gasteiger partial charge in [0.2, 0.25) is 0 Å². The maximum absolute atomic E-state index is 3.37. The summed E-state index contributed by atoms with van der Waals surface area (Å²) in [5.74, 6) is 0. The molecule has 2 rings (SSSR count). The first-order valence-electron chi connectivity index (χ1n) is 7.86. The van der Waals surface area contributed by atoms with Crippen molar-refractivity contribution in [2.45, 2.75) is 58.7 Å². The van der Waals surface area contributed by atoms with Gasteiger partial charge in [0, 0.05) is 19.1 Å². The zero-order valence-electron chi connectivity index (χ0n) is 12.5. The molecule has 0 bridgehead atoms. The Morgan fingerprint density at radius 1 is 1.11 bits per heavy atom. The van der Waals surface area contributed by atoms with Crippen molar-refractivity contribution >= 4 is 0 Å². The highest BCUT2D eigenvalue weighted by Crippen LogP contribution is 2.21. The molecule has 106 valence electrons. The van der Waals surface area contributed by atoms with Gasteiger partial charge in [-0.25, -0.2) is 0 Å². The van der Waals surface area contributed by atoms with E-state index in [-0.39, 0.29) is 0 Å². The Balaban J connectivity index is 1.90. The van der Waals surface area contributed by atoms with Crippen molar-refractivity contribution in [1.29, 1.82) is 0 Å². The van der Waals surface area contributed by atoms with Gasteiger partial charge >= 0.3 is 0 Å². The zero-order chi connectivity index (χ0) is 13.5. The van der Waals surface area contributed by atoms with Crippen molar-refractivity contribution in [2.24, 2.45) is 0 Å². The first-order valence-corrected chi connectivity index (χ1v) is 7.86. The van der Waals surface area contributed by atoms with E-state index < -0.39 is 0 Å². The Kier molecular flexibility index (Phi) is 5.87. The summed E-state index contributed by atoms with van der Waals surface area (Å²) in [6.07, 6.45) is 5.46. The topological polar surface area (TPSA) is 15.3 Å². The molecule has 1 aromatic rings. The molecule has 0 spiro atoms. The fourth-order valence-electron chi connectivity index (χ4n) is 3.00. The number of hydrogen-bond acceptors (Lipinski definition) is 2. The summed E-state index contributed by atoms with van der Waals surface area (Å²) in [6.45, 7) is 8.89. The molecule has 0 saturated carbocycles. The molecule has 1 aromatic carbocycles. The fourth-order valence-corrected chi connectivity index (χ4v) is 3.00. The molecule has 0 aliphatic carbocycles. The Morgan fingerprint density at radius 2 is 1.84 bits per heavy atom. The molecule has 1 heterocycles. The van der Waals surface area contributed by atoms with E-state index in [1.165, 1.54) is 43.4 Å². The Labute approximate surface area is 118 Å². The summed E-state index contributed by atoms with van der Waals surface area (Å²) in [4.78, 5) is 2.67. The lowest BCUT2D eigenvalue weighted by molar-refractivity contribution is 0.136. The summed E-state index contributed by atoms with van der Waals surface area (Å²) in [5, 5.41) is 3.37. The van der Waals surface area contributed by atoms with Crippen molar-refractivity contribution in [3.05, 3.63) is 35.4 Å². The first-order chi connectivity index (χ1) is 9.33. The van der Waals surface area contributed by atoms with Crippen LogP contribution < -0.4 is 5.32 Å². The average molecular weight is 260 g/mol. The van der Waals surface area contributed by atoms with Gasteiger partial charge in [-0.2, -0.15) is 0 Å². The maximum Gasteiger partial charge on any atom is 0.0236 e. The molecule has 2 heteroatoms. The van der Waals surface area contributed by atoms with E-state index in [1.807, 2.05) is 0 Å². The normalized spacial score (nSPS) is 20.6. The first kappa shape index (κ1) is 14.5. The van der Waals surface area contributed by atoms with Crippen LogP contribution in [-0.4, -0.2) is 24.0 Å². The van der Waals surface area contributed by atoms with Crippen LogP contribution in [0.3, 0.4) is 0 Å². The molecule has 1 atom stereocenters. The average Bonchev–Trinajstić information content (AvgIpc) is 2.47. The molecule has 19 heavy (non-hydrogen) atoms. The van der Waals surface area contributed by atoms with E-state index in [2.05, 4.69) is 48.3 Å². The number of likely N-dealkylation sites (tertiary alicyclic amines) is 1. The molecule has 1 unspecified atom stereocenters. The smallest absolute Gasteiger partial charge is 0.0236 e. The van der Waals surface area contributed by atoms with Crippen LogP contribution in [0.5, 0.6) is 0 Å². The minimum Gasteiger partial charge on any atom is -0.313 e. The highest BCUT2D eigenvalue weighted by Gasteiger charge is 2.20. The maximum atomic E-state index is 3.37. The Bertz CT molecular complexity index is 358.